The second-order valence-corrected chi connectivity index (χ2v) is 9.02. The first-order valence-electron chi connectivity index (χ1n) is 11.5. The third kappa shape index (κ3) is 3.43. The van der Waals surface area contributed by atoms with E-state index in [0.717, 1.165) is 38.7 Å². The maximum Gasteiger partial charge on any atom is 0.251 e. The highest BCUT2D eigenvalue weighted by Gasteiger charge is 2.23. The highest BCUT2D eigenvalue weighted by atomic mass is 19.1. The summed E-state index contributed by atoms with van der Waals surface area (Å²) in [6.45, 7) is 3.99. The summed E-state index contributed by atoms with van der Waals surface area (Å²) in [4.78, 5) is 17.2. The number of hydrogen-bond acceptors (Lipinski definition) is 4. The molecule has 0 fully saturated rings. The zero-order chi connectivity index (χ0) is 25.1. The normalized spacial score (nSPS) is 11.7. The minimum Gasteiger partial charge on any atom is -0.455 e. The van der Waals surface area contributed by atoms with Gasteiger partial charge in [0.25, 0.3) is 5.91 Å². The Balaban J connectivity index is 1.37. The van der Waals surface area contributed by atoms with Crippen molar-refractivity contribution in [3.63, 3.8) is 0 Å². The summed E-state index contributed by atoms with van der Waals surface area (Å²) in [6, 6.07) is 16.6. The smallest absolute Gasteiger partial charge is 0.251 e. The van der Waals surface area contributed by atoms with Crippen LogP contribution in [0.3, 0.4) is 0 Å². The van der Waals surface area contributed by atoms with Gasteiger partial charge >= 0.3 is 0 Å². The molecule has 0 radical (unpaired) electrons. The summed E-state index contributed by atoms with van der Waals surface area (Å²) in [6.07, 6.45) is 0. The second kappa shape index (κ2) is 8.02. The Hall–Kier alpha value is -4.52. The number of carbonyl (C=O) groups is 1. The second-order valence-electron chi connectivity index (χ2n) is 9.02. The van der Waals surface area contributed by atoms with Crippen LogP contribution in [0.2, 0.25) is 0 Å². The van der Waals surface area contributed by atoms with Crippen LogP contribution in [-0.4, -0.2) is 10.9 Å². The molecule has 3 N–H and O–H groups in total. The molecule has 6 aromatic rings. The van der Waals surface area contributed by atoms with Crippen LogP contribution < -0.4 is 11.1 Å². The van der Waals surface area contributed by atoms with Gasteiger partial charge in [0.05, 0.1) is 5.39 Å². The fourth-order valence-electron chi connectivity index (χ4n) is 4.92. The number of nitrogens with two attached hydrogens (primary N) is 1. The van der Waals surface area contributed by atoms with E-state index >= 15 is 4.39 Å². The number of nitrogen functional groups attached to an aromatic ring is 1. The number of fused-ring (bicyclic) bond motifs is 8. The molecule has 0 unspecified atom stereocenters. The third-order valence-electron chi connectivity index (χ3n) is 6.71. The Kier molecular flexibility index (Phi) is 4.89. The molecule has 1 amide bonds. The van der Waals surface area contributed by atoms with Gasteiger partial charge in [0.1, 0.15) is 28.6 Å². The predicted octanol–water partition coefficient (Wildman–Crippen LogP) is 6.65. The monoisotopic (exact) mass is 481 g/mol. The molecule has 2 bridgehead atoms. The Morgan fingerprint density at radius 1 is 0.917 bits per heavy atom. The average Bonchev–Trinajstić information content (AvgIpc) is 3.41. The van der Waals surface area contributed by atoms with E-state index in [-0.39, 0.29) is 17.9 Å². The van der Waals surface area contributed by atoms with Crippen LogP contribution >= 0.6 is 0 Å². The number of halogens is 2. The van der Waals surface area contributed by atoms with Crippen molar-refractivity contribution < 1.29 is 18.0 Å². The van der Waals surface area contributed by atoms with Crippen LogP contribution in [0.1, 0.15) is 27.2 Å². The Morgan fingerprint density at radius 2 is 1.67 bits per heavy atom. The number of nitrogens with zero attached hydrogens (tertiary/aromatic N) is 1. The molecule has 0 aliphatic heterocycles. The quantitative estimate of drug-likeness (QED) is 0.276. The van der Waals surface area contributed by atoms with E-state index in [1.54, 1.807) is 24.3 Å². The van der Waals surface area contributed by atoms with E-state index in [0.29, 0.717) is 27.8 Å². The number of aromatic nitrogens is 1. The molecule has 0 saturated carbocycles. The standard InChI is InChI=1S/C29H21F2N3O2/c1-14-9-25(32)34-15(2)23(14)13-33-29(35)18-11-22-26(24(31)12-18)28-21-10-17(5-8-20(21)27(22)36-28)16-3-6-19(30)7-4-16/h3-12H,13H2,1-2H3,(H2,32,34)(H,33,35). The number of rotatable bonds is 4. The molecule has 7 heteroatoms. The van der Waals surface area contributed by atoms with Crippen LogP contribution in [0.5, 0.6) is 0 Å². The molecule has 0 saturated heterocycles. The first-order valence-corrected chi connectivity index (χ1v) is 11.5. The Morgan fingerprint density at radius 3 is 2.42 bits per heavy atom. The van der Waals surface area contributed by atoms with Crippen molar-refractivity contribution in [2.24, 2.45) is 0 Å². The number of carbonyl (C=O) groups excluding carboxylic acids is 1. The van der Waals surface area contributed by atoms with Crippen LogP contribution in [0.15, 0.2) is 65.1 Å². The zero-order valence-corrected chi connectivity index (χ0v) is 19.6. The lowest BCUT2D eigenvalue weighted by molar-refractivity contribution is 0.0950. The van der Waals surface area contributed by atoms with Crippen LogP contribution in [-0.2, 0) is 6.54 Å². The summed E-state index contributed by atoms with van der Waals surface area (Å²) < 4.78 is 34.6. The molecule has 0 spiro atoms. The molecule has 6 rings (SSSR count). The van der Waals surface area contributed by atoms with Crippen molar-refractivity contribution in [1.29, 1.82) is 0 Å². The predicted molar refractivity (Wildman–Crippen MR) is 137 cm³/mol. The summed E-state index contributed by atoms with van der Waals surface area (Å²) in [7, 11) is 0. The lowest BCUT2D eigenvalue weighted by Crippen LogP contribution is -2.24. The number of amides is 1. The molecule has 0 aliphatic rings. The van der Waals surface area contributed by atoms with Gasteiger partial charge in [-0.25, -0.2) is 13.8 Å². The van der Waals surface area contributed by atoms with Gasteiger partial charge < -0.3 is 15.5 Å². The molecule has 3 heterocycles. The molecular weight excluding hydrogens is 460 g/mol. The summed E-state index contributed by atoms with van der Waals surface area (Å²) in [5.41, 5.74) is 11.2. The van der Waals surface area contributed by atoms with Gasteiger partial charge in [0, 0.05) is 34.0 Å². The molecule has 3 aromatic carbocycles. The van der Waals surface area contributed by atoms with E-state index in [9.17, 15) is 9.18 Å². The highest BCUT2D eigenvalue weighted by Crippen LogP contribution is 2.43. The average molecular weight is 482 g/mol. The molecule has 36 heavy (non-hydrogen) atoms. The minimum atomic E-state index is -0.526. The van der Waals surface area contributed by atoms with Crippen LogP contribution in [0, 0.1) is 25.5 Å². The largest absolute Gasteiger partial charge is 0.455 e. The molecule has 0 aliphatic carbocycles. The van der Waals surface area contributed by atoms with Crippen molar-refractivity contribution in [2.75, 3.05) is 5.73 Å². The van der Waals surface area contributed by atoms with Gasteiger partial charge in [-0.05, 0) is 78.6 Å². The van der Waals surface area contributed by atoms with Crippen LogP contribution in [0.4, 0.5) is 14.6 Å². The fraction of sp³-hybridized carbons (Fsp3) is 0.103. The van der Waals surface area contributed by atoms with Crippen molar-refractivity contribution >= 4 is 44.4 Å². The highest BCUT2D eigenvalue weighted by molar-refractivity contribution is 6.26. The summed E-state index contributed by atoms with van der Waals surface area (Å²) >= 11 is 0. The Bertz CT molecular complexity index is 1780. The fourth-order valence-corrected chi connectivity index (χ4v) is 4.92. The van der Waals surface area contributed by atoms with Gasteiger partial charge in [-0.1, -0.05) is 18.2 Å². The molecule has 178 valence electrons. The first kappa shape index (κ1) is 22.0. The number of pyridine rings is 1. The number of nitrogens with one attached hydrogen (secondary N) is 1. The maximum absolute atomic E-state index is 15.3. The number of hydrogen-bond donors (Lipinski definition) is 2. The van der Waals surface area contributed by atoms with Gasteiger partial charge in [0.15, 0.2) is 0 Å². The minimum absolute atomic E-state index is 0.207. The van der Waals surface area contributed by atoms with E-state index in [1.807, 2.05) is 32.0 Å². The molecule has 3 aromatic heterocycles. The van der Waals surface area contributed by atoms with Crippen LogP contribution in [0.25, 0.3) is 43.8 Å². The zero-order valence-electron chi connectivity index (χ0n) is 19.6. The third-order valence-corrected chi connectivity index (χ3v) is 6.71. The van der Waals surface area contributed by atoms with Gasteiger partial charge in [-0.2, -0.15) is 0 Å². The number of aryl methyl sites for hydroxylation is 2. The first-order chi connectivity index (χ1) is 17.3. The number of benzene rings is 4. The van der Waals surface area contributed by atoms with Crippen molar-refractivity contribution in [3.8, 4) is 11.1 Å². The summed E-state index contributed by atoms with van der Waals surface area (Å²) in [5.74, 6) is -0.802. The van der Waals surface area contributed by atoms with Gasteiger partial charge in [0.2, 0.25) is 0 Å². The maximum atomic E-state index is 15.3. The Labute approximate surface area is 204 Å². The van der Waals surface area contributed by atoms with Crippen molar-refractivity contribution in [3.05, 3.63) is 94.7 Å². The number of furan rings is 2. The lowest BCUT2D eigenvalue weighted by atomic mass is 9.97. The van der Waals surface area contributed by atoms with E-state index < -0.39 is 11.7 Å². The molecule has 5 nitrogen and oxygen atoms in total. The van der Waals surface area contributed by atoms with Crippen molar-refractivity contribution in [1.82, 2.24) is 10.3 Å². The molecule has 0 atom stereocenters. The topological polar surface area (TPSA) is 81.1 Å². The van der Waals surface area contributed by atoms with Crippen molar-refractivity contribution in [2.45, 2.75) is 20.4 Å². The van der Waals surface area contributed by atoms with Gasteiger partial charge in [-0.15, -0.1) is 0 Å². The molecular formula is C29H21F2N3O2. The van der Waals surface area contributed by atoms with Gasteiger partial charge in [-0.3, -0.25) is 4.79 Å². The lowest BCUT2D eigenvalue weighted by Gasteiger charge is -2.12. The van der Waals surface area contributed by atoms with E-state index in [2.05, 4.69) is 10.3 Å². The number of anilines is 1. The van der Waals surface area contributed by atoms with E-state index in [1.165, 1.54) is 18.2 Å². The van der Waals surface area contributed by atoms with E-state index in [4.69, 9.17) is 10.2 Å². The summed E-state index contributed by atoms with van der Waals surface area (Å²) in [5, 5.41) is 5.37. The SMILES string of the molecule is Cc1cc(N)nc(C)c1CNC(=O)c1cc(F)c2c(c1)c1oc2c2cc(-c3ccc(F)cc3)ccc21.